The van der Waals surface area contributed by atoms with E-state index in [1.165, 1.54) is 12.4 Å². The molecule has 1 aromatic heterocycles. The lowest BCUT2D eigenvalue weighted by Crippen LogP contribution is -2.16. The van der Waals surface area contributed by atoms with Gasteiger partial charge < -0.3 is 11.1 Å². The van der Waals surface area contributed by atoms with Gasteiger partial charge in [-0.05, 0) is 30.5 Å². The molecule has 104 valence electrons. The molecule has 0 unspecified atom stereocenters. The molecule has 1 amide bonds. The third-order valence-electron chi connectivity index (χ3n) is 3.60. The van der Waals surface area contributed by atoms with Gasteiger partial charge in [0.1, 0.15) is 0 Å². The second-order valence-electron chi connectivity index (χ2n) is 5.01. The van der Waals surface area contributed by atoms with Crippen molar-refractivity contribution >= 4 is 17.4 Å². The van der Waals surface area contributed by atoms with E-state index in [0.29, 0.717) is 5.82 Å². The van der Waals surface area contributed by atoms with E-state index in [4.69, 9.17) is 5.73 Å². The summed E-state index contributed by atoms with van der Waals surface area (Å²) in [6.45, 7) is 0. The number of benzene rings is 1. The highest BCUT2D eigenvalue weighted by atomic mass is 16.1. The minimum absolute atomic E-state index is 0.0947. The number of hydrogen-bond donors (Lipinski definition) is 2. The van der Waals surface area contributed by atoms with Crippen LogP contribution in [0.2, 0.25) is 0 Å². The van der Waals surface area contributed by atoms with Gasteiger partial charge in [-0.1, -0.05) is 12.1 Å². The van der Waals surface area contributed by atoms with Gasteiger partial charge in [0, 0.05) is 18.1 Å². The van der Waals surface area contributed by atoms with Crippen LogP contribution in [0.3, 0.4) is 0 Å². The Morgan fingerprint density at radius 1 is 1.24 bits per heavy atom. The lowest BCUT2D eigenvalue weighted by molar-refractivity contribution is 0.0996. The zero-order valence-corrected chi connectivity index (χ0v) is 11.2. The molecular formula is C15H13N5O. The summed E-state index contributed by atoms with van der Waals surface area (Å²) < 4.78 is 0. The molecule has 0 aliphatic heterocycles. The topological polar surface area (TPSA) is 105 Å². The standard InChI is InChI=1S/C15H13N5O/c16-9-15(5-6-15)10-1-3-11(4-2-10)20-14-12(13(17)21)18-7-8-19-14/h1-4,7-8H,5-6H2,(H2,17,21)(H,19,20). The van der Waals surface area contributed by atoms with E-state index in [2.05, 4.69) is 21.4 Å². The van der Waals surface area contributed by atoms with Crippen LogP contribution in [0.4, 0.5) is 11.5 Å². The third kappa shape index (κ3) is 2.41. The van der Waals surface area contributed by atoms with Gasteiger partial charge in [-0.15, -0.1) is 0 Å². The minimum Gasteiger partial charge on any atom is -0.364 e. The molecule has 3 rings (SSSR count). The number of nitrogens with zero attached hydrogens (tertiary/aromatic N) is 3. The summed E-state index contributed by atoms with van der Waals surface area (Å²) in [6.07, 6.45) is 4.72. The van der Waals surface area contributed by atoms with Crippen molar-refractivity contribution < 1.29 is 4.79 Å². The van der Waals surface area contributed by atoms with Crippen molar-refractivity contribution in [3.63, 3.8) is 0 Å². The molecule has 0 saturated heterocycles. The van der Waals surface area contributed by atoms with Gasteiger partial charge in [-0.3, -0.25) is 4.79 Å². The fraction of sp³-hybridized carbons (Fsp3) is 0.200. The second kappa shape index (κ2) is 4.87. The molecule has 1 fully saturated rings. The predicted octanol–water partition coefficient (Wildman–Crippen LogP) is 1.87. The molecule has 0 atom stereocenters. The summed E-state index contributed by atoms with van der Waals surface area (Å²) in [5.41, 5.74) is 6.83. The van der Waals surface area contributed by atoms with E-state index in [0.717, 1.165) is 24.1 Å². The predicted molar refractivity (Wildman–Crippen MR) is 76.8 cm³/mol. The Bertz CT molecular complexity index is 728. The molecule has 2 aromatic rings. The Morgan fingerprint density at radius 2 is 1.90 bits per heavy atom. The number of aromatic nitrogens is 2. The maximum Gasteiger partial charge on any atom is 0.271 e. The van der Waals surface area contributed by atoms with E-state index in [1.54, 1.807) is 0 Å². The summed E-state index contributed by atoms with van der Waals surface area (Å²) in [5, 5.41) is 12.2. The van der Waals surface area contributed by atoms with Crippen LogP contribution in [0, 0.1) is 11.3 Å². The van der Waals surface area contributed by atoms with Crippen molar-refractivity contribution in [2.45, 2.75) is 18.3 Å². The Balaban J connectivity index is 1.84. The van der Waals surface area contributed by atoms with Gasteiger partial charge >= 0.3 is 0 Å². The Hall–Kier alpha value is -2.94. The zero-order valence-electron chi connectivity index (χ0n) is 11.2. The van der Waals surface area contributed by atoms with Gasteiger partial charge in [0.15, 0.2) is 11.5 Å². The van der Waals surface area contributed by atoms with Crippen molar-refractivity contribution in [3.8, 4) is 6.07 Å². The van der Waals surface area contributed by atoms with Gasteiger partial charge in [-0.2, -0.15) is 5.26 Å². The van der Waals surface area contributed by atoms with Crippen molar-refractivity contribution in [2.24, 2.45) is 5.73 Å². The maximum atomic E-state index is 11.3. The molecule has 1 aliphatic carbocycles. The first kappa shape index (κ1) is 13.1. The van der Waals surface area contributed by atoms with Crippen molar-refractivity contribution in [2.75, 3.05) is 5.32 Å². The Labute approximate surface area is 121 Å². The average molecular weight is 279 g/mol. The third-order valence-corrected chi connectivity index (χ3v) is 3.60. The highest BCUT2D eigenvalue weighted by Gasteiger charge is 2.44. The number of primary amides is 1. The molecule has 0 spiro atoms. The second-order valence-corrected chi connectivity index (χ2v) is 5.01. The molecule has 1 aromatic carbocycles. The summed E-state index contributed by atoms with van der Waals surface area (Å²) in [5.74, 6) is -0.317. The van der Waals surface area contributed by atoms with Gasteiger partial charge in [0.05, 0.1) is 11.5 Å². The van der Waals surface area contributed by atoms with Crippen LogP contribution in [-0.4, -0.2) is 15.9 Å². The Kier molecular flexibility index (Phi) is 3.03. The fourth-order valence-corrected chi connectivity index (χ4v) is 2.21. The molecule has 0 radical (unpaired) electrons. The highest BCUT2D eigenvalue weighted by Crippen LogP contribution is 2.47. The average Bonchev–Trinajstić information content (AvgIpc) is 3.29. The first-order valence-corrected chi connectivity index (χ1v) is 6.54. The van der Waals surface area contributed by atoms with Crippen LogP contribution in [0.1, 0.15) is 28.9 Å². The normalized spacial score (nSPS) is 15.0. The van der Waals surface area contributed by atoms with Crippen LogP contribution in [-0.2, 0) is 5.41 Å². The Morgan fingerprint density at radius 3 is 2.48 bits per heavy atom. The highest BCUT2D eigenvalue weighted by molar-refractivity contribution is 5.96. The SMILES string of the molecule is N#CC1(c2ccc(Nc3nccnc3C(N)=O)cc2)CC1. The smallest absolute Gasteiger partial charge is 0.271 e. The van der Waals surface area contributed by atoms with Gasteiger partial charge in [0.25, 0.3) is 5.91 Å². The number of nitrogens with two attached hydrogens (primary N) is 1. The number of nitrogens with one attached hydrogen (secondary N) is 1. The lowest BCUT2D eigenvalue weighted by atomic mass is 9.98. The molecule has 6 heteroatoms. The van der Waals surface area contributed by atoms with Gasteiger partial charge in [-0.25, -0.2) is 9.97 Å². The maximum absolute atomic E-state index is 11.3. The lowest BCUT2D eigenvalue weighted by Gasteiger charge is -2.10. The van der Waals surface area contributed by atoms with E-state index in [9.17, 15) is 10.1 Å². The molecule has 1 aliphatic rings. The molecule has 1 heterocycles. The molecular weight excluding hydrogens is 266 g/mol. The molecule has 3 N–H and O–H groups in total. The summed E-state index contributed by atoms with van der Waals surface area (Å²) in [4.78, 5) is 19.3. The number of rotatable bonds is 4. The summed E-state index contributed by atoms with van der Waals surface area (Å²) in [7, 11) is 0. The number of hydrogen-bond acceptors (Lipinski definition) is 5. The van der Waals surface area contributed by atoms with Crippen LogP contribution in [0.25, 0.3) is 0 Å². The van der Waals surface area contributed by atoms with E-state index < -0.39 is 5.91 Å². The molecule has 6 nitrogen and oxygen atoms in total. The number of carbonyl (C=O) groups is 1. The molecule has 1 saturated carbocycles. The van der Waals surface area contributed by atoms with Crippen LogP contribution in [0.5, 0.6) is 0 Å². The van der Waals surface area contributed by atoms with Gasteiger partial charge in [0.2, 0.25) is 0 Å². The van der Waals surface area contributed by atoms with E-state index in [-0.39, 0.29) is 11.1 Å². The monoisotopic (exact) mass is 279 g/mol. The first-order valence-electron chi connectivity index (χ1n) is 6.54. The number of amides is 1. The molecule has 21 heavy (non-hydrogen) atoms. The first-order chi connectivity index (χ1) is 10.1. The summed E-state index contributed by atoms with van der Waals surface area (Å²) >= 11 is 0. The van der Waals surface area contributed by atoms with Crippen molar-refractivity contribution in [3.05, 3.63) is 47.9 Å². The van der Waals surface area contributed by atoms with Crippen LogP contribution in [0.15, 0.2) is 36.7 Å². The van der Waals surface area contributed by atoms with Crippen LogP contribution < -0.4 is 11.1 Å². The number of anilines is 2. The summed E-state index contributed by atoms with van der Waals surface area (Å²) in [6, 6.07) is 9.90. The van der Waals surface area contributed by atoms with Crippen molar-refractivity contribution in [1.29, 1.82) is 5.26 Å². The van der Waals surface area contributed by atoms with E-state index >= 15 is 0 Å². The number of carbonyl (C=O) groups excluding carboxylic acids is 1. The molecule has 0 bridgehead atoms. The zero-order chi connectivity index (χ0) is 14.9. The van der Waals surface area contributed by atoms with Crippen LogP contribution >= 0.6 is 0 Å². The quantitative estimate of drug-likeness (QED) is 0.889. The fourth-order valence-electron chi connectivity index (χ4n) is 2.21. The largest absolute Gasteiger partial charge is 0.364 e. The minimum atomic E-state index is -0.636. The van der Waals surface area contributed by atoms with Crippen molar-refractivity contribution in [1.82, 2.24) is 9.97 Å². The number of nitriles is 1. The van der Waals surface area contributed by atoms with E-state index in [1.807, 2.05) is 24.3 Å².